The molecule has 0 aliphatic carbocycles. The molecule has 0 fully saturated rings. The van der Waals surface area contributed by atoms with E-state index >= 15 is 0 Å². The Morgan fingerprint density at radius 1 is 1.11 bits per heavy atom. The number of unbranched alkanes of at least 4 members (excludes halogenated alkanes) is 2. The van der Waals surface area contributed by atoms with Crippen LogP contribution in [0, 0.1) is 5.82 Å². The fraction of sp³-hybridized carbons (Fsp3) is 0.571. The standard InChI is InChI=1S/C14H18F4O/c1-2-11-6-7-13(12(15)10-11)19-9-5-3-4-8-14(16,17)18/h6-7,10H,2-5,8-9H2,1H3. The summed E-state index contributed by atoms with van der Waals surface area (Å²) in [5.74, 6) is -0.261. The lowest BCUT2D eigenvalue weighted by molar-refractivity contribution is -0.135. The minimum Gasteiger partial charge on any atom is -0.491 e. The fourth-order valence-corrected chi connectivity index (χ4v) is 1.67. The summed E-state index contributed by atoms with van der Waals surface area (Å²) < 4.78 is 54.3. The minimum absolute atomic E-state index is 0.0874. The molecule has 0 saturated heterocycles. The molecule has 0 aromatic heterocycles. The van der Waals surface area contributed by atoms with Crippen LogP contribution in [0.4, 0.5) is 17.6 Å². The van der Waals surface area contributed by atoms with Gasteiger partial charge >= 0.3 is 6.18 Å². The highest BCUT2D eigenvalue weighted by Crippen LogP contribution is 2.23. The van der Waals surface area contributed by atoms with Crippen LogP contribution < -0.4 is 4.74 Å². The van der Waals surface area contributed by atoms with E-state index in [-0.39, 0.29) is 18.8 Å². The summed E-state index contributed by atoms with van der Waals surface area (Å²) >= 11 is 0. The van der Waals surface area contributed by atoms with Crippen molar-refractivity contribution in [2.45, 2.75) is 45.2 Å². The van der Waals surface area contributed by atoms with Gasteiger partial charge in [0.05, 0.1) is 6.61 Å². The van der Waals surface area contributed by atoms with Crippen molar-refractivity contribution < 1.29 is 22.3 Å². The Balaban J connectivity index is 2.23. The van der Waals surface area contributed by atoms with Gasteiger partial charge in [0.25, 0.3) is 0 Å². The molecule has 0 heterocycles. The van der Waals surface area contributed by atoms with Crippen LogP contribution in [-0.4, -0.2) is 12.8 Å². The molecule has 5 heteroatoms. The van der Waals surface area contributed by atoms with Crippen LogP contribution in [0.2, 0.25) is 0 Å². The van der Waals surface area contributed by atoms with Crippen molar-refractivity contribution >= 4 is 0 Å². The van der Waals surface area contributed by atoms with E-state index in [1.54, 1.807) is 12.1 Å². The Labute approximate surface area is 110 Å². The van der Waals surface area contributed by atoms with Crippen LogP contribution in [0.1, 0.15) is 38.2 Å². The second-order valence-electron chi connectivity index (χ2n) is 4.39. The van der Waals surface area contributed by atoms with Crippen LogP contribution in [0.15, 0.2) is 18.2 Å². The molecule has 1 rings (SSSR count). The van der Waals surface area contributed by atoms with Gasteiger partial charge in [-0.2, -0.15) is 13.2 Å². The number of hydrogen-bond acceptors (Lipinski definition) is 1. The summed E-state index contributed by atoms with van der Waals surface area (Å²) in [6, 6.07) is 4.75. The molecule has 1 aromatic rings. The molecule has 0 bridgehead atoms. The lowest BCUT2D eigenvalue weighted by atomic mass is 10.1. The first-order valence-electron chi connectivity index (χ1n) is 6.40. The average molecular weight is 278 g/mol. The molecule has 1 nitrogen and oxygen atoms in total. The molecule has 0 spiro atoms. The van der Waals surface area contributed by atoms with Gasteiger partial charge in [0.15, 0.2) is 11.6 Å². The predicted molar refractivity (Wildman–Crippen MR) is 65.8 cm³/mol. The maximum absolute atomic E-state index is 13.5. The van der Waals surface area contributed by atoms with Gasteiger partial charge < -0.3 is 4.74 Å². The van der Waals surface area contributed by atoms with Crippen molar-refractivity contribution in [2.24, 2.45) is 0 Å². The third kappa shape index (κ3) is 6.45. The molecule has 108 valence electrons. The molecule has 0 N–H and O–H groups in total. The molecular formula is C14H18F4O. The Morgan fingerprint density at radius 3 is 2.42 bits per heavy atom. The lowest BCUT2D eigenvalue weighted by Crippen LogP contribution is -2.07. The van der Waals surface area contributed by atoms with Gasteiger partial charge in [-0.1, -0.05) is 13.0 Å². The number of alkyl halides is 3. The quantitative estimate of drug-likeness (QED) is 0.509. The zero-order valence-electron chi connectivity index (χ0n) is 10.9. The van der Waals surface area contributed by atoms with Crippen LogP contribution in [0.25, 0.3) is 0 Å². The van der Waals surface area contributed by atoms with E-state index < -0.39 is 18.4 Å². The first-order valence-corrected chi connectivity index (χ1v) is 6.40. The number of benzene rings is 1. The molecule has 0 radical (unpaired) electrons. The van der Waals surface area contributed by atoms with Crippen molar-refractivity contribution in [1.29, 1.82) is 0 Å². The molecule has 0 aliphatic rings. The van der Waals surface area contributed by atoms with Crippen molar-refractivity contribution in [3.63, 3.8) is 0 Å². The smallest absolute Gasteiger partial charge is 0.389 e. The summed E-state index contributed by atoms with van der Waals surface area (Å²) in [7, 11) is 0. The number of aryl methyl sites for hydroxylation is 1. The molecule has 0 saturated carbocycles. The van der Waals surface area contributed by atoms with Gasteiger partial charge in [-0.15, -0.1) is 0 Å². The van der Waals surface area contributed by atoms with Crippen LogP contribution in [0.3, 0.4) is 0 Å². The molecular weight excluding hydrogens is 260 g/mol. The summed E-state index contributed by atoms with van der Waals surface area (Å²) in [6.45, 7) is 2.16. The van der Waals surface area contributed by atoms with E-state index in [1.165, 1.54) is 6.07 Å². The van der Waals surface area contributed by atoms with Crippen molar-refractivity contribution in [3.8, 4) is 5.75 Å². The second kappa shape index (κ2) is 7.36. The van der Waals surface area contributed by atoms with E-state index in [0.717, 1.165) is 12.0 Å². The van der Waals surface area contributed by atoms with Crippen molar-refractivity contribution in [3.05, 3.63) is 29.6 Å². The van der Waals surface area contributed by atoms with Gasteiger partial charge in [-0.05, 0) is 43.4 Å². The van der Waals surface area contributed by atoms with Gasteiger partial charge in [-0.25, -0.2) is 4.39 Å². The topological polar surface area (TPSA) is 9.23 Å². The van der Waals surface area contributed by atoms with E-state index in [4.69, 9.17) is 4.74 Å². The Kier molecular flexibility index (Phi) is 6.12. The molecule has 0 amide bonds. The normalized spacial score (nSPS) is 11.6. The average Bonchev–Trinajstić information content (AvgIpc) is 2.33. The number of halogens is 4. The summed E-state index contributed by atoms with van der Waals surface area (Å²) in [4.78, 5) is 0. The van der Waals surface area contributed by atoms with Crippen molar-refractivity contribution in [1.82, 2.24) is 0 Å². The van der Waals surface area contributed by atoms with E-state index in [0.29, 0.717) is 12.8 Å². The van der Waals surface area contributed by atoms with Crippen molar-refractivity contribution in [2.75, 3.05) is 6.61 Å². The SMILES string of the molecule is CCc1ccc(OCCCCCC(F)(F)F)c(F)c1. The highest BCUT2D eigenvalue weighted by Gasteiger charge is 2.25. The van der Waals surface area contributed by atoms with Gasteiger partial charge in [0.1, 0.15) is 0 Å². The zero-order chi connectivity index (χ0) is 14.3. The highest BCUT2D eigenvalue weighted by molar-refractivity contribution is 5.29. The van der Waals surface area contributed by atoms with Crippen LogP contribution in [0.5, 0.6) is 5.75 Å². The zero-order valence-corrected chi connectivity index (χ0v) is 10.9. The first-order chi connectivity index (χ1) is 8.92. The lowest BCUT2D eigenvalue weighted by Gasteiger charge is -2.09. The highest BCUT2D eigenvalue weighted by atomic mass is 19.4. The Morgan fingerprint density at radius 2 is 1.84 bits per heavy atom. The Hall–Kier alpha value is -1.26. The van der Waals surface area contributed by atoms with Gasteiger partial charge in [-0.3, -0.25) is 0 Å². The Bertz CT molecular complexity index is 388. The molecule has 19 heavy (non-hydrogen) atoms. The van der Waals surface area contributed by atoms with E-state index in [2.05, 4.69) is 0 Å². The molecule has 1 aromatic carbocycles. The maximum atomic E-state index is 13.5. The first kappa shape index (κ1) is 15.8. The predicted octanol–water partition coefficient (Wildman–Crippen LogP) is 4.89. The molecule has 0 unspecified atom stereocenters. The second-order valence-corrected chi connectivity index (χ2v) is 4.39. The molecule has 0 atom stereocenters. The third-order valence-electron chi connectivity index (χ3n) is 2.77. The van der Waals surface area contributed by atoms with Crippen LogP contribution >= 0.6 is 0 Å². The van der Waals surface area contributed by atoms with Gasteiger partial charge in [0, 0.05) is 6.42 Å². The number of hydrogen-bond donors (Lipinski definition) is 0. The van der Waals surface area contributed by atoms with E-state index in [9.17, 15) is 17.6 Å². The fourth-order valence-electron chi connectivity index (χ4n) is 1.67. The maximum Gasteiger partial charge on any atom is 0.389 e. The summed E-state index contributed by atoms with van der Waals surface area (Å²) in [6.07, 6.45) is -3.12. The molecule has 0 aliphatic heterocycles. The summed E-state index contributed by atoms with van der Waals surface area (Å²) in [5, 5.41) is 0. The monoisotopic (exact) mass is 278 g/mol. The largest absolute Gasteiger partial charge is 0.491 e. The van der Waals surface area contributed by atoms with Crippen LogP contribution in [-0.2, 0) is 6.42 Å². The number of ether oxygens (including phenoxy) is 1. The summed E-state index contributed by atoms with van der Waals surface area (Å²) in [5.41, 5.74) is 0.884. The third-order valence-corrected chi connectivity index (χ3v) is 2.77. The minimum atomic E-state index is -4.09. The van der Waals surface area contributed by atoms with Gasteiger partial charge in [0.2, 0.25) is 0 Å². The van der Waals surface area contributed by atoms with E-state index in [1.807, 2.05) is 6.92 Å². The number of rotatable bonds is 7.